The van der Waals surface area contributed by atoms with Crippen molar-refractivity contribution >= 4 is 75.3 Å². The number of nitrogens with one attached hydrogen (secondary N) is 1. The van der Waals surface area contributed by atoms with Crippen LogP contribution in [-0.2, 0) is 0 Å². The highest BCUT2D eigenvalue weighted by Crippen LogP contribution is 2.29. The molecule has 0 aliphatic heterocycles. The minimum atomic E-state index is -0.663. The van der Waals surface area contributed by atoms with Gasteiger partial charge >= 0.3 is 5.97 Å². The molecule has 9 heteroatoms. The zero-order valence-corrected chi connectivity index (χ0v) is 20.2. The van der Waals surface area contributed by atoms with Crippen molar-refractivity contribution in [3.05, 3.63) is 110 Å². The Hall–Kier alpha value is -3.09. The van der Waals surface area contributed by atoms with Crippen LogP contribution in [-0.4, -0.2) is 18.1 Å². The van der Waals surface area contributed by atoms with Crippen molar-refractivity contribution in [2.45, 2.75) is 0 Å². The molecule has 0 spiro atoms. The van der Waals surface area contributed by atoms with Gasteiger partial charge in [-0.05, 0) is 53.2 Å². The Balaban J connectivity index is 1.64. The van der Waals surface area contributed by atoms with E-state index in [-0.39, 0.29) is 26.9 Å². The number of halogens is 4. The molecule has 4 aromatic rings. The van der Waals surface area contributed by atoms with Gasteiger partial charge in [-0.2, -0.15) is 5.10 Å². The summed E-state index contributed by atoms with van der Waals surface area (Å²) in [7, 11) is 0. The molecule has 0 aromatic heterocycles. The standard InChI is InChI=1S/C25H14Cl4N2O3/c26-15-6-8-18(21(28)11-15)24(32)31-30-13-20-17-4-2-1-3-14(17)5-10-23(20)34-25(33)19-9-7-16(27)12-22(19)29/h1-13H,(H,31,32)/b30-13-. The van der Waals surface area contributed by atoms with Gasteiger partial charge in [0.15, 0.2) is 0 Å². The summed E-state index contributed by atoms with van der Waals surface area (Å²) in [5.74, 6) is -0.953. The number of amides is 1. The summed E-state index contributed by atoms with van der Waals surface area (Å²) in [4.78, 5) is 25.3. The summed E-state index contributed by atoms with van der Waals surface area (Å²) in [6.07, 6.45) is 1.40. The number of nitrogens with zero attached hydrogens (tertiary/aromatic N) is 1. The molecule has 1 N–H and O–H groups in total. The van der Waals surface area contributed by atoms with E-state index in [4.69, 9.17) is 51.1 Å². The van der Waals surface area contributed by atoms with E-state index in [9.17, 15) is 9.59 Å². The minimum absolute atomic E-state index is 0.160. The lowest BCUT2D eigenvalue weighted by Gasteiger charge is -2.11. The number of benzene rings is 4. The van der Waals surface area contributed by atoms with E-state index in [1.54, 1.807) is 18.2 Å². The molecule has 0 atom stereocenters. The molecule has 4 rings (SSSR count). The van der Waals surface area contributed by atoms with Gasteiger partial charge in [0, 0.05) is 15.6 Å². The first-order chi connectivity index (χ1) is 16.3. The third kappa shape index (κ3) is 5.34. The largest absolute Gasteiger partial charge is 0.422 e. The molecule has 0 aliphatic carbocycles. The van der Waals surface area contributed by atoms with Gasteiger partial charge in [-0.15, -0.1) is 0 Å². The van der Waals surface area contributed by atoms with Gasteiger partial charge in [0.25, 0.3) is 5.91 Å². The molecule has 0 saturated heterocycles. The van der Waals surface area contributed by atoms with Crippen LogP contribution in [0.4, 0.5) is 0 Å². The van der Waals surface area contributed by atoms with Gasteiger partial charge in [0.2, 0.25) is 0 Å². The molecule has 4 aromatic carbocycles. The van der Waals surface area contributed by atoms with Crippen molar-refractivity contribution < 1.29 is 14.3 Å². The molecule has 0 radical (unpaired) electrons. The summed E-state index contributed by atoms with van der Waals surface area (Å²) in [5, 5.41) is 6.87. The first-order valence-electron chi connectivity index (χ1n) is 9.81. The third-order valence-electron chi connectivity index (χ3n) is 4.82. The van der Waals surface area contributed by atoms with Crippen LogP contribution in [0.3, 0.4) is 0 Å². The second-order valence-corrected chi connectivity index (χ2v) is 8.72. The Kier molecular flexibility index (Phi) is 7.39. The number of carbonyl (C=O) groups excluding carboxylic acids is 2. The Morgan fingerprint density at radius 1 is 0.794 bits per heavy atom. The van der Waals surface area contributed by atoms with Crippen molar-refractivity contribution in [2.24, 2.45) is 5.10 Å². The quantitative estimate of drug-likeness (QED) is 0.126. The number of fused-ring (bicyclic) bond motifs is 1. The van der Waals surface area contributed by atoms with E-state index < -0.39 is 11.9 Å². The van der Waals surface area contributed by atoms with Crippen molar-refractivity contribution in [3.63, 3.8) is 0 Å². The first-order valence-corrected chi connectivity index (χ1v) is 11.3. The second kappa shape index (κ2) is 10.5. The number of carbonyl (C=O) groups is 2. The number of esters is 1. The van der Waals surface area contributed by atoms with Crippen molar-refractivity contribution in [3.8, 4) is 5.75 Å². The molecule has 0 unspecified atom stereocenters. The van der Waals surface area contributed by atoms with Crippen molar-refractivity contribution in [1.29, 1.82) is 0 Å². The molecule has 34 heavy (non-hydrogen) atoms. The van der Waals surface area contributed by atoms with Crippen LogP contribution in [0.25, 0.3) is 10.8 Å². The lowest BCUT2D eigenvalue weighted by Crippen LogP contribution is -2.18. The maximum absolute atomic E-state index is 12.8. The Morgan fingerprint density at radius 3 is 2.12 bits per heavy atom. The Bertz CT molecular complexity index is 1450. The first kappa shape index (κ1) is 24.0. The normalized spacial score (nSPS) is 11.1. The molecule has 5 nitrogen and oxygen atoms in total. The van der Waals surface area contributed by atoms with Crippen LogP contribution in [0.15, 0.2) is 77.9 Å². The molecule has 0 bridgehead atoms. The van der Waals surface area contributed by atoms with Crippen molar-refractivity contribution in [2.75, 3.05) is 0 Å². The van der Waals surface area contributed by atoms with Crippen LogP contribution in [0.2, 0.25) is 20.1 Å². The van der Waals surface area contributed by atoms with Crippen LogP contribution in [0.5, 0.6) is 5.75 Å². The summed E-state index contributed by atoms with van der Waals surface area (Å²) in [6, 6.07) is 19.9. The molecule has 0 aliphatic rings. The summed E-state index contributed by atoms with van der Waals surface area (Å²) < 4.78 is 5.63. The highest BCUT2D eigenvalue weighted by molar-refractivity contribution is 6.37. The fourth-order valence-electron chi connectivity index (χ4n) is 3.20. The smallest absolute Gasteiger partial charge is 0.345 e. The van der Waals surface area contributed by atoms with Crippen LogP contribution in [0.1, 0.15) is 26.3 Å². The molecule has 0 saturated carbocycles. The topological polar surface area (TPSA) is 67.8 Å². The highest BCUT2D eigenvalue weighted by Gasteiger charge is 2.17. The minimum Gasteiger partial charge on any atom is -0.422 e. The van der Waals surface area contributed by atoms with E-state index in [1.165, 1.54) is 30.5 Å². The molecule has 170 valence electrons. The molecule has 1 amide bonds. The van der Waals surface area contributed by atoms with Crippen molar-refractivity contribution in [1.82, 2.24) is 5.43 Å². The number of hydrogen-bond acceptors (Lipinski definition) is 4. The fourth-order valence-corrected chi connectivity index (χ4v) is 4.18. The average molecular weight is 532 g/mol. The van der Waals surface area contributed by atoms with E-state index in [0.29, 0.717) is 15.6 Å². The van der Waals surface area contributed by atoms with Gasteiger partial charge in [-0.25, -0.2) is 10.2 Å². The summed E-state index contributed by atoms with van der Waals surface area (Å²) >= 11 is 24.0. The Morgan fingerprint density at radius 2 is 1.44 bits per heavy atom. The van der Waals surface area contributed by atoms with Gasteiger partial charge in [-0.1, -0.05) is 76.7 Å². The maximum atomic E-state index is 12.8. The highest BCUT2D eigenvalue weighted by atomic mass is 35.5. The lowest BCUT2D eigenvalue weighted by molar-refractivity contribution is 0.0734. The SMILES string of the molecule is O=C(N/N=C\c1c(OC(=O)c2ccc(Cl)cc2Cl)ccc2ccccc12)c1ccc(Cl)cc1Cl. The summed E-state index contributed by atoms with van der Waals surface area (Å²) in [6.45, 7) is 0. The predicted molar refractivity (Wildman–Crippen MR) is 137 cm³/mol. The molecular formula is C25H14Cl4N2O3. The summed E-state index contributed by atoms with van der Waals surface area (Å²) in [5.41, 5.74) is 3.29. The molecule has 0 fully saturated rings. The van der Waals surface area contributed by atoms with Gasteiger partial charge in [-0.3, -0.25) is 4.79 Å². The van der Waals surface area contributed by atoms with E-state index in [1.807, 2.05) is 30.3 Å². The third-order valence-corrected chi connectivity index (χ3v) is 5.92. The average Bonchev–Trinajstić information content (AvgIpc) is 2.80. The zero-order chi connectivity index (χ0) is 24.2. The number of hydrogen-bond donors (Lipinski definition) is 1. The Labute approximate surface area is 214 Å². The van der Waals surface area contributed by atoms with E-state index in [0.717, 1.165) is 10.8 Å². The maximum Gasteiger partial charge on any atom is 0.345 e. The monoisotopic (exact) mass is 530 g/mol. The van der Waals surface area contributed by atoms with Crippen LogP contribution >= 0.6 is 46.4 Å². The van der Waals surface area contributed by atoms with E-state index in [2.05, 4.69) is 10.5 Å². The van der Waals surface area contributed by atoms with E-state index >= 15 is 0 Å². The van der Waals surface area contributed by atoms with Crippen LogP contribution < -0.4 is 10.2 Å². The molecule has 0 heterocycles. The van der Waals surface area contributed by atoms with Gasteiger partial charge < -0.3 is 4.74 Å². The van der Waals surface area contributed by atoms with Gasteiger partial charge in [0.1, 0.15) is 5.75 Å². The van der Waals surface area contributed by atoms with Gasteiger partial charge in [0.05, 0.1) is 27.4 Å². The second-order valence-electron chi connectivity index (χ2n) is 7.04. The number of ether oxygens (including phenoxy) is 1. The molecular weight excluding hydrogens is 518 g/mol. The number of hydrazone groups is 1. The fraction of sp³-hybridized carbons (Fsp3) is 0. The van der Waals surface area contributed by atoms with Crippen LogP contribution in [0, 0.1) is 0 Å². The zero-order valence-electron chi connectivity index (χ0n) is 17.2. The lowest BCUT2D eigenvalue weighted by atomic mass is 10.0. The predicted octanol–water partition coefficient (Wildman–Crippen LogP) is 7.44. The number of rotatable bonds is 5.